The number of fused-ring (bicyclic) bond motifs is 2. The molecule has 0 saturated carbocycles. The maximum atomic E-state index is 13.5. The first-order valence-corrected chi connectivity index (χ1v) is 11.1. The first-order valence-electron chi connectivity index (χ1n) is 10.8. The van der Waals surface area contributed by atoms with Crippen molar-refractivity contribution in [3.63, 3.8) is 0 Å². The highest BCUT2D eigenvalue weighted by Crippen LogP contribution is 2.39. The van der Waals surface area contributed by atoms with Crippen LogP contribution in [0.4, 0.5) is 0 Å². The van der Waals surface area contributed by atoms with Gasteiger partial charge in [0.1, 0.15) is 11.3 Å². The highest BCUT2D eigenvalue weighted by Gasteiger charge is 2.42. The van der Waals surface area contributed by atoms with Gasteiger partial charge in [-0.2, -0.15) is 0 Å². The van der Waals surface area contributed by atoms with E-state index in [0.29, 0.717) is 34.7 Å². The Bertz CT molecular complexity index is 1180. The van der Waals surface area contributed by atoms with Crippen LogP contribution in [-0.2, 0) is 0 Å². The molecular weight excluding hydrogens is 414 g/mol. The predicted octanol–water partition coefficient (Wildman–Crippen LogP) is 5.89. The summed E-state index contributed by atoms with van der Waals surface area (Å²) in [5.74, 6) is 0.646. The van der Waals surface area contributed by atoms with Crippen LogP contribution in [0.3, 0.4) is 0 Å². The fourth-order valence-corrected chi connectivity index (χ4v) is 4.33. The van der Waals surface area contributed by atoms with Crippen LogP contribution >= 0.6 is 11.6 Å². The molecule has 1 atom stereocenters. The maximum Gasteiger partial charge on any atom is 0.290 e. The van der Waals surface area contributed by atoms with E-state index >= 15 is 0 Å². The largest absolute Gasteiger partial charge is 0.494 e. The Morgan fingerprint density at radius 3 is 2.52 bits per heavy atom. The third-order valence-corrected chi connectivity index (χ3v) is 6.16. The van der Waals surface area contributed by atoms with Gasteiger partial charge in [-0.05, 0) is 55.7 Å². The molecule has 2 aromatic carbocycles. The molecular formula is C25H26ClNO4. The van der Waals surface area contributed by atoms with Gasteiger partial charge in [0.25, 0.3) is 5.91 Å². The Balaban J connectivity index is 1.88. The van der Waals surface area contributed by atoms with Crippen molar-refractivity contribution in [2.75, 3.05) is 13.2 Å². The summed E-state index contributed by atoms with van der Waals surface area (Å²) in [5, 5.41) is 0.898. The van der Waals surface area contributed by atoms with Gasteiger partial charge in [-0.15, -0.1) is 0 Å². The monoisotopic (exact) mass is 439 g/mol. The number of halogens is 1. The van der Waals surface area contributed by atoms with E-state index in [-0.39, 0.29) is 17.1 Å². The molecule has 0 saturated heterocycles. The van der Waals surface area contributed by atoms with Gasteiger partial charge >= 0.3 is 0 Å². The molecule has 1 aliphatic rings. The van der Waals surface area contributed by atoms with Crippen molar-refractivity contribution in [3.8, 4) is 5.75 Å². The summed E-state index contributed by atoms with van der Waals surface area (Å²) in [6.07, 6.45) is 2.91. The Kier molecular flexibility index (Phi) is 6.05. The number of rotatable bonds is 7. The van der Waals surface area contributed by atoms with E-state index in [1.165, 1.54) is 0 Å². The van der Waals surface area contributed by atoms with Crippen LogP contribution in [0.5, 0.6) is 5.75 Å². The minimum atomic E-state index is -0.490. The zero-order chi connectivity index (χ0) is 22.1. The Hall–Kier alpha value is -2.79. The van der Waals surface area contributed by atoms with Crippen LogP contribution in [0, 0.1) is 6.92 Å². The quantitative estimate of drug-likeness (QED) is 0.431. The van der Waals surface area contributed by atoms with Crippen molar-refractivity contribution in [2.24, 2.45) is 0 Å². The van der Waals surface area contributed by atoms with Crippen molar-refractivity contribution in [1.82, 2.24) is 4.90 Å². The molecule has 0 fully saturated rings. The molecule has 0 spiro atoms. The van der Waals surface area contributed by atoms with Crippen molar-refractivity contribution >= 4 is 28.5 Å². The summed E-state index contributed by atoms with van der Waals surface area (Å²) < 4.78 is 11.6. The van der Waals surface area contributed by atoms with E-state index < -0.39 is 6.04 Å². The third-order valence-electron chi connectivity index (χ3n) is 5.76. The van der Waals surface area contributed by atoms with E-state index in [2.05, 4.69) is 6.92 Å². The van der Waals surface area contributed by atoms with Crippen LogP contribution < -0.4 is 10.2 Å². The molecule has 0 bridgehead atoms. The van der Waals surface area contributed by atoms with Crippen molar-refractivity contribution in [2.45, 2.75) is 46.1 Å². The summed E-state index contributed by atoms with van der Waals surface area (Å²) in [6.45, 7) is 7.02. The number of hydrogen-bond donors (Lipinski definition) is 0. The summed E-state index contributed by atoms with van der Waals surface area (Å²) in [7, 11) is 0. The van der Waals surface area contributed by atoms with E-state index in [1.807, 2.05) is 38.1 Å². The maximum absolute atomic E-state index is 13.5. The zero-order valence-electron chi connectivity index (χ0n) is 18.0. The standard InChI is InChI=1S/C25H26ClNO4/c1-4-6-7-12-27-22(16-8-10-17(11-9-16)30-5-2)21-23(28)18-14-19(26)15(3)13-20(18)31-24(21)25(27)29/h8-11,13-14,22H,4-7,12H2,1-3H3. The lowest BCUT2D eigenvalue weighted by molar-refractivity contribution is 0.0724. The van der Waals surface area contributed by atoms with Crippen LogP contribution in [0.15, 0.2) is 45.6 Å². The molecule has 0 N–H and O–H groups in total. The second kappa shape index (κ2) is 8.75. The van der Waals surface area contributed by atoms with Gasteiger partial charge in [0, 0.05) is 11.6 Å². The molecule has 3 aromatic rings. The number of aryl methyl sites for hydroxylation is 1. The predicted molar refractivity (Wildman–Crippen MR) is 122 cm³/mol. The Morgan fingerprint density at radius 1 is 1.10 bits per heavy atom. The SMILES string of the molecule is CCCCCN1C(=O)c2oc3cc(C)c(Cl)cc3c(=O)c2C1c1ccc(OCC)cc1. The van der Waals surface area contributed by atoms with Gasteiger partial charge < -0.3 is 14.1 Å². The van der Waals surface area contributed by atoms with E-state index in [1.54, 1.807) is 17.0 Å². The summed E-state index contributed by atoms with van der Waals surface area (Å²) >= 11 is 6.28. The molecule has 6 heteroatoms. The second-order valence-electron chi connectivity index (χ2n) is 7.88. The lowest BCUT2D eigenvalue weighted by atomic mass is 9.98. The number of nitrogens with zero attached hydrogens (tertiary/aromatic N) is 1. The molecule has 0 radical (unpaired) electrons. The van der Waals surface area contributed by atoms with Crippen LogP contribution in [-0.4, -0.2) is 24.0 Å². The Morgan fingerprint density at radius 2 is 1.84 bits per heavy atom. The zero-order valence-corrected chi connectivity index (χ0v) is 18.8. The minimum absolute atomic E-state index is 0.134. The molecule has 1 aliphatic heterocycles. The van der Waals surface area contributed by atoms with Crippen molar-refractivity contribution in [1.29, 1.82) is 0 Å². The molecule has 1 unspecified atom stereocenters. The number of ether oxygens (including phenoxy) is 1. The molecule has 0 aliphatic carbocycles. The fraction of sp³-hybridized carbons (Fsp3) is 0.360. The molecule has 1 aromatic heterocycles. The first kappa shape index (κ1) is 21.4. The summed E-state index contributed by atoms with van der Waals surface area (Å²) in [5.41, 5.74) is 2.23. The normalized spacial score (nSPS) is 15.5. The molecule has 2 heterocycles. The van der Waals surface area contributed by atoms with Gasteiger partial charge in [0.2, 0.25) is 5.76 Å². The van der Waals surface area contributed by atoms with Crippen molar-refractivity contribution < 1.29 is 13.9 Å². The number of carbonyl (C=O) groups is 1. The van der Waals surface area contributed by atoms with E-state index in [4.69, 9.17) is 20.8 Å². The average molecular weight is 440 g/mol. The number of benzene rings is 2. The third kappa shape index (κ3) is 3.83. The highest BCUT2D eigenvalue weighted by atomic mass is 35.5. The summed E-state index contributed by atoms with van der Waals surface area (Å²) in [4.78, 5) is 28.6. The smallest absolute Gasteiger partial charge is 0.290 e. The van der Waals surface area contributed by atoms with E-state index in [9.17, 15) is 9.59 Å². The lowest BCUT2D eigenvalue weighted by Gasteiger charge is -2.25. The molecule has 4 rings (SSSR count). The molecule has 1 amide bonds. The van der Waals surface area contributed by atoms with E-state index in [0.717, 1.165) is 36.1 Å². The highest BCUT2D eigenvalue weighted by molar-refractivity contribution is 6.32. The van der Waals surface area contributed by atoms with Crippen LogP contribution in [0.2, 0.25) is 5.02 Å². The molecule has 31 heavy (non-hydrogen) atoms. The van der Waals surface area contributed by atoms with Crippen LogP contribution in [0.1, 0.15) is 66.4 Å². The van der Waals surface area contributed by atoms with Gasteiger partial charge in [-0.3, -0.25) is 9.59 Å². The summed E-state index contributed by atoms with van der Waals surface area (Å²) in [6, 6.07) is 10.4. The fourth-order valence-electron chi connectivity index (χ4n) is 4.16. The topological polar surface area (TPSA) is 59.8 Å². The number of amides is 1. The first-order chi connectivity index (χ1) is 15.0. The number of hydrogen-bond acceptors (Lipinski definition) is 4. The van der Waals surface area contributed by atoms with Gasteiger partial charge in [-0.1, -0.05) is 43.5 Å². The minimum Gasteiger partial charge on any atom is -0.494 e. The average Bonchev–Trinajstić information content (AvgIpc) is 3.03. The second-order valence-corrected chi connectivity index (χ2v) is 8.29. The number of unbranched alkanes of at least 4 members (excludes halogenated alkanes) is 2. The van der Waals surface area contributed by atoms with Crippen LogP contribution in [0.25, 0.3) is 11.0 Å². The van der Waals surface area contributed by atoms with Gasteiger partial charge in [0.15, 0.2) is 5.43 Å². The number of carbonyl (C=O) groups excluding carboxylic acids is 1. The molecule has 5 nitrogen and oxygen atoms in total. The lowest BCUT2D eigenvalue weighted by Crippen LogP contribution is -2.30. The van der Waals surface area contributed by atoms with Gasteiger partial charge in [0.05, 0.1) is 23.6 Å². The molecule has 162 valence electrons. The Labute approximate surface area is 186 Å². The van der Waals surface area contributed by atoms with Crippen molar-refractivity contribution in [3.05, 3.63) is 74.1 Å². The van der Waals surface area contributed by atoms with Gasteiger partial charge in [-0.25, -0.2) is 0 Å².